The molecule has 1 atom stereocenters. The minimum absolute atomic E-state index is 0.273. The average molecular weight is 576 g/mol. The lowest BCUT2D eigenvalue weighted by atomic mass is 9.91. The summed E-state index contributed by atoms with van der Waals surface area (Å²) in [4.78, 5) is 26.3. The van der Waals surface area contributed by atoms with E-state index in [2.05, 4.69) is 10.4 Å². The molecule has 10 heteroatoms. The summed E-state index contributed by atoms with van der Waals surface area (Å²) in [6.45, 7) is 3.71. The number of aromatic nitrogens is 2. The van der Waals surface area contributed by atoms with Crippen molar-refractivity contribution in [3.8, 4) is 20.9 Å². The highest BCUT2D eigenvalue weighted by Crippen LogP contribution is 2.51. The third-order valence-electron chi connectivity index (χ3n) is 7.44. The molecule has 204 valence electrons. The fraction of sp³-hybridized carbons (Fsp3) is 0.233. The number of thiophene rings is 2. The number of nitrogens with one attached hydrogen (secondary N) is 1. The van der Waals surface area contributed by atoms with Gasteiger partial charge in [-0.25, -0.2) is 9.18 Å². The van der Waals surface area contributed by atoms with Crippen LogP contribution in [0.25, 0.3) is 30.3 Å². The zero-order valence-electron chi connectivity index (χ0n) is 22.0. The largest absolute Gasteiger partial charge is 0.481 e. The van der Waals surface area contributed by atoms with Gasteiger partial charge >= 0.3 is 12.1 Å². The summed E-state index contributed by atoms with van der Waals surface area (Å²) in [5.74, 6) is -0.913. The van der Waals surface area contributed by atoms with Crippen molar-refractivity contribution in [2.75, 3.05) is 5.32 Å². The van der Waals surface area contributed by atoms with Crippen LogP contribution in [-0.4, -0.2) is 26.9 Å². The molecule has 1 fully saturated rings. The lowest BCUT2D eigenvalue weighted by Crippen LogP contribution is -2.21. The number of ether oxygens (including phenoxy) is 1. The van der Waals surface area contributed by atoms with E-state index in [1.54, 1.807) is 46.7 Å². The second-order valence-corrected chi connectivity index (χ2v) is 12.3. The van der Waals surface area contributed by atoms with Crippen molar-refractivity contribution in [2.45, 2.75) is 38.2 Å². The standard InChI is InChI=1S/C30H26FN3O4S2/c1-16-11-21(30(9-10-30)28(35)36)22(31)12-19(16)23-13-25-26(39-23)14-24(40-25)20-15-32-34(3)27(20)33-29(37)38-17(2)18-7-5-4-6-8-18/h4-8,11-15,17H,9-10H2,1-3H3,(H,33,37)(H,35,36). The van der Waals surface area contributed by atoms with Crippen LogP contribution in [-0.2, 0) is 22.0 Å². The maximum atomic E-state index is 15.1. The van der Waals surface area contributed by atoms with Crippen LogP contribution < -0.4 is 5.32 Å². The number of carboxylic acid groups (broad SMARTS) is 1. The number of hydrogen-bond donors (Lipinski definition) is 2. The first-order chi connectivity index (χ1) is 19.2. The van der Waals surface area contributed by atoms with Gasteiger partial charge in [-0.3, -0.25) is 14.8 Å². The van der Waals surface area contributed by atoms with E-state index >= 15 is 4.39 Å². The Morgan fingerprint density at radius 3 is 2.35 bits per heavy atom. The monoisotopic (exact) mass is 575 g/mol. The number of anilines is 1. The van der Waals surface area contributed by atoms with Gasteiger partial charge in [0.2, 0.25) is 0 Å². The molecule has 1 aliphatic rings. The zero-order valence-corrected chi connectivity index (χ0v) is 23.7. The van der Waals surface area contributed by atoms with E-state index < -0.39 is 29.4 Å². The molecule has 0 spiro atoms. The molecule has 0 aliphatic heterocycles. The first kappa shape index (κ1) is 26.2. The molecule has 1 unspecified atom stereocenters. The molecule has 0 radical (unpaired) electrons. The number of fused-ring (bicyclic) bond motifs is 1. The Kier molecular flexibility index (Phi) is 6.47. The van der Waals surface area contributed by atoms with Gasteiger partial charge in [0.1, 0.15) is 17.7 Å². The van der Waals surface area contributed by atoms with Gasteiger partial charge in [0, 0.05) is 31.8 Å². The van der Waals surface area contributed by atoms with Crippen molar-refractivity contribution < 1.29 is 23.8 Å². The molecule has 3 aromatic heterocycles. The molecule has 2 aromatic carbocycles. The molecule has 0 saturated heterocycles. The van der Waals surface area contributed by atoms with Gasteiger partial charge in [-0.1, -0.05) is 36.4 Å². The van der Waals surface area contributed by atoms with E-state index in [9.17, 15) is 14.7 Å². The zero-order chi connectivity index (χ0) is 28.2. The van der Waals surface area contributed by atoms with E-state index in [1.165, 1.54) is 6.07 Å². The predicted octanol–water partition coefficient (Wildman–Crippen LogP) is 7.90. The third kappa shape index (κ3) is 4.56. The SMILES string of the molecule is Cc1cc(C2(C(=O)O)CC2)c(F)cc1-c1cc2sc(-c3cnn(C)c3NC(=O)OC(C)c3ccccc3)cc2s1. The van der Waals surface area contributed by atoms with Crippen LogP contribution in [0.3, 0.4) is 0 Å². The minimum Gasteiger partial charge on any atom is -0.481 e. The second-order valence-electron chi connectivity index (χ2n) is 10.1. The molecule has 2 N–H and O–H groups in total. The third-order valence-corrected chi connectivity index (χ3v) is 9.80. The highest BCUT2D eigenvalue weighted by molar-refractivity contribution is 7.31. The van der Waals surface area contributed by atoms with Crippen molar-refractivity contribution in [1.29, 1.82) is 0 Å². The normalized spacial score (nSPS) is 14.7. The number of carbonyl (C=O) groups excluding carboxylic acids is 1. The van der Waals surface area contributed by atoms with Gasteiger partial charge in [0.25, 0.3) is 0 Å². The molecule has 40 heavy (non-hydrogen) atoms. The molecular weight excluding hydrogens is 549 g/mol. The van der Waals surface area contributed by atoms with Crippen LogP contribution in [0.15, 0.2) is 60.8 Å². The van der Waals surface area contributed by atoms with E-state index in [0.29, 0.717) is 18.7 Å². The number of hydrogen-bond acceptors (Lipinski definition) is 6. The van der Waals surface area contributed by atoms with Crippen LogP contribution in [0.5, 0.6) is 0 Å². The van der Waals surface area contributed by atoms with E-state index in [-0.39, 0.29) is 5.56 Å². The number of amides is 1. The highest BCUT2D eigenvalue weighted by atomic mass is 32.1. The van der Waals surface area contributed by atoms with Gasteiger partial charge in [0.15, 0.2) is 0 Å². The molecule has 6 rings (SSSR count). The Balaban J connectivity index is 1.24. The number of aliphatic carboxylic acids is 1. The molecule has 3 heterocycles. The van der Waals surface area contributed by atoms with Crippen molar-refractivity contribution in [3.63, 3.8) is 0 Å². The molecular formula is C30H26FN3O4S2. The Bertz CT molecular complexity index is 1740. The molecule has 7 nitrogen and oxygen atoms in total. The summed E-state index contributed by atoms with van der Waals surface area (Å²) < 4.78 is 24.3. The topological polar surface area (TPSA) is 93.5 Å². The fourth-order valence-electron chi connectivity index (χ4n) is 4.98. The summed E-state index contributed by atoms with van der Waals surface area (Å²) in [7, 11) is 1.75. The van der Waals surface area contributed by atoms with Crippen LogP contribution in [0, 0.1) is 12.7 Å². The van der Waals surface area contributed by atoms with E-state index in [0.717, 1.165) is 41.4 Å². The van der Waals surface area contributed by atoms with Crippen molar-refractivity contribution in [3.05, 3.63) is 83.3 Å². The molecule has 5 aromatic rings. The van der Waals surface area contributed by atoms with Gasteiger partial charge in [0.05, 0.1) is 17.2 Å². The van der Waals surface area contributed by atoms with E-state index in [4.69, 9.17) is 4.74 Å². The molecule has 0 bridgehead atoms. The Morgan fingerprint density at radius 1 is 1.07 bits per heavy atom. The lowest BCUT2D eigenvalue weighted by molar-refractivity contribution is -0.140. The first-order valence-corrected chi connectivity index (χ1v) is 14.4. The maximum Gasteiger partial charge on any atom is 0.413 e. The summed E-state index contributed by atoms with van der Waals surface area (Å²) in [6, 6.07) is 16.7. The van der Waals surface area contributed by atoms with Crippen molar-refractivity contribution in [1.82, 2.24) is 9.78 Å². The fourth-order valence-corrected chi connectivity index (χ4v) is 7.47. The quantitative estimate of drug-likeness (QED) is 0.206. The molecule has 1 saturated carbocycles. The number of rotatable bonds is 7. The number of carboxylic acids is 1. The number of nitrogens with zero attached hydrogens (tertiary/aromatic N) is 2. The maximum absolute atomic E-state index is 15.1. The average Bonchev–Trinajstić information content (AvgIpc) is 3.34. The summed E-state index contributed by atoms with van der Waals surface area (Å²) in [5, 5.41) is 16.8. The Hall–Kier alpha value is -4.02. The van der Waals surface area contributed by atoms with Crippen molar-refractivity contribution >= 4 is 50.0 Å². The second kappa shape index (κ2) is 9.87. The van der Waals surface area contributed by atoms with Crippen LogP contribution in [0.4, 0.5) is 15.0 Å². The van der Waals surface area contributed by atoms with Gasteiger partial charge < -0.3 is 9.84 Å². The number of aryl methyl sites for hydroxylation is 2. The van der Waals surface area contributed by atoms with Crippen molar-refractivity contribution in [2.24, 2.45) is 7.05 Å². The highest BCUT2D eigenvalue weighted by Gasteiger charge is 2.53. The number of benzene rings is 2. The predicted molar refractivity (Wildman–Crippen MR) is 156 cm³/mol. The number of carbonyl (C=O) groups is 2. The molecule has 1 amide bonds. The van der Waals surface area contributed by atoms with Gasteiger partial charge in [-0.05, 0) is 61.6 Å². The first-order valence-electron chi connectivity index (χ1n) is 12.8. The Labute approximate surface area is 237 Å². The van der Waals surface area contributed by atoms with E-state index in [1.807, 2.05) is 56.3 Å². The summed E-state index contributed by atoms with van der Waals surface area (Å²) >= 11 is 3.10. The van der Waals surface area contributed by atoms with Crippen LogP contribution in [0.2, 0.25) is 0 Å². The van der Waals surface area contributed by atoms with Gasteiger partial charge in [-0.15, -0.1) is 22.7 Å². The Morgan fingerprint density at radius 2 is 1.73 bits per heavy atom. The summed E-state index contributed by atoms with van der Waals surface area (Å²) in [5.41, 5.74) is 2.47. The molecule has 1 aliphatic carbocycles. The summed E-state index contributed by atoms with van der Waals surface area (Å²) in [6.07, 6.45) is 1.65. The van der Waals surface area contributed by atoms with Gasteiger partial charge in [-0.2, -0.15) is 5.10 Å². The van der Waals surface area contributed by atoms with Crippen LogP contribution >= 0.6 is 22.7 Å². The minimum atomic E-state index is -1.08. The lowest BCUT2D eigenvalue weighted by Gasteiger charge is -2.15. The van der Waals surface area contributed by atoms with Crippen LogP contribution in [0.1, 0.15) is 42.6 Å². The number of halogens is 1. The smallest absolute Gasteiger partial charge is 0.413 e.